The summed E-state index contributed by atoms with van der Waals surface area (Å²) in [7, 11) is 0. The molecule has 0 aromatic heterocycles. The van der Waals surface area contributed by atoms with E-state index in [2.05, 4.69) is 0 Å². The van der Waals surface area contributed by atoms with Gasteiger partial charge in [-0.05, 0) is 18.1 Å². The first-order chi connectivity index (χ1) is 9.58. The molecule has 3 N–H and O–H groups in total. The van der Waals surface area contributed by atoms with Gasteiger partial charge in [0.15, 0.2) is 0 Å². The average Bonchev–Trinajstić information content (AvgIpc) is 2.39. The van der Waals surface area contributed by atoms with Crippen molar-refractivity contribution in [3.8, 4) is 11.5 Å². The van der Waals surface area contributed by atoms with Crippen molar-refractivity contribution in [2.45, 2.75) is 12.5 Å². The average molecular weight is 279 g/mol. The van der Waals surface area contributed by atoms with Gasteiger partial charge in [0.2, 0.25) is 0 Å². The summed E-state index contributed by atoms with van der Waals surface area (Å²) in [5.74, 6) is -0.872. The Balaban J connectivity index is 2.24. The highest BCUT2D eigenvalue weighted by Gasteiger charge is 2.10. The lowest BCUT2D eigenvalue weighted by molar-refractivity contribution is 0.264. The van der Waals surface area contributed by atoms with E-state index in [1.54, 1.807) is 24.3 Å². The minimum absolute atomic E-state index is 0.0764. The predicted molar refractivity (Wildman–Crippen MR) is 71.6 cm³/mol. The number of halogens is 2. The van der Waals surface area contributed by atoms with Crippen LogP contribution >= 0.6 is 0 Å². The summed E-state index contributed by atoms with van der Waals surface area (Å²) in [6.45, 7) is -0.150. The number of aliphatic hydroxyl groups is 1. The number of ether oxygens (including phenoxy) is 1. The summed E-state index contributed by atoms with van der Waals surface area (Å²) in [4.78, 5) is 0. The molecule has 0 spiro atoms. The van der Waals surface area contributed by atoms with Gasteiger partial charge in [-0.15, -0.1) is 0 Å². The molecule has 0 heterocycles. The summed E-state index contributed by atoms with van der Waals surface area (Å²) in [5.41, 5.74) is 6.45. The van der Waals surface area contributed by atoms with E-state index in [1.807, 2.05) is 0 Å². The van der Waals surface area contributed by atoms with Gasteiger partial charge in [-0.2, -0.15) is 0 Å². The van der Waals surface area contributed by atoms with Crippen molar-refractivity contribution in [2.24, 2.45) is 5.73 Å². The number of para-hydroxylation sites is 1. The van der Waals surface area contributed by atoms with Crippen molar-refractivity contribution in [3.05, 3.63) is 59.7 Å². The third-order valence-electron chi connectivity index (χ3n) is 2.75. The molecule has 0 fully saturated rings. The molecule has 5 heteroatoms. The molecule has 2 aromatic rings. The van der Waals surface area contributed by atoms with Gasteiger partial charge in [0.05, 0.1) is 6.61 Å². The van der Waals surface area contributed by atoms with E-state index in [4.69, 9.17) is 15.6 Å². The smallest absolute Gasteiger partial charge is 0.133 e. The molecule has 0 amide bonds. The van der Waals surface area contributed by atoms with Crippen LogP contribution in [0.15, 0.2) is 42.5 Å². The van der Waals surface area contributed by atoms with E-state index in [0.717, 1.165) is 23.8 Å². The largest absolute Gasteiger partial charge is 0.457 e. The quantitative estimate of drug-likeness (QED) is 0.884. The fourth-order valence-electron chi connectivity index (χ4n) is 1.83. The fourth-order valence-corrected chi connectivity index (χ4v) is 1.83. The molecule has 0 bridgehead atoms. The lowest BCUT2D eigenvalue weighted by Crippen LogP contribution is -2.26. The summed E-state index contributed by atoms with van der Waals surface area (Å²) >= 11 is 0. The number of benzene rings is 2. The minimum atomic E-state index is -0.704. The molecule has 3 nitrogen and oxygen atoms in total. The third-order valence-corrected chi connectivity index (χ3v) is 2.75. The first-order valence-electron chi connectivity index (χ1n) is 6.17. The van der Waals surface area contributed by atoms with Crippen LogP contribution in [0, 0.1) is 11.6 Å². The second-order valence-electron chi connectivity index (χ2n) is 4.46. The van der Waals surface area contributed by atoms with Crippen LogP contribution in [0.2, 0.25) is 0 Å². The Morgan fingerprint density at radius 1 is 1.10 bits per heavy atom. The first kappa shape index (κ1) is 14.4. The van der Waals surface area contributed by atoms with E-state index >= 15 is 0 Å². The third kappa shape index (κ3) is 3.76. The Bertz CT molecular complexity index is 570. The molecule has 2 aromatic carbocycles. The Kier molecular flexibility index (Phi) is 4.65. The highest BCUT2D eigenvalue weighted by atomic mass is 19.1. The topological polar surface area (TPSA) is 55.5 Å². The summed E-state index contributed by atoms with van der Waals surface area (Å²) in [6.07, 6.45) is 0.407. The van der Waals surface area contributed by atoms with Gasteiger partial charge < -0.3 is 15.6 Å². The van der Waals surface area contributed by atoms with Gasteiger partial charge in [0, 0.05) is 24.2 Å². The highest BCUT2D eigenvalue weighted by molar-refractivity contribution is 5.38. The summed E-state index contributed by atoms with van der Waals surface area (Å²) < 4.78 is 31.7. The second-order valence-corrected chi connectivity index (χ2v) is 4.46. The predicted octanol–water partition coefficient (Wildman–Crippen LogP) is 2.62. The molecule has 106 valence electrons. The molecular formula is C15H15F2NO2. The molecule has 1 atom stereocenters. The second kappa shape index (κ2) is 6.45. The first-order valence-corrected chi connectivity index (χ1v) is 6.17. The van der Waals surface area contributed by atoms with Crippen molar-refractivity contribution in [1.82, 2.24) is 0 Å². The monoisotopic (exact) mass is 279 g/mol. The molecule has 0 radical (unpaired) electrons. The zero-order valence-electron chi connectivity index (χ0n) is 10.7. The van der Waals surface area contributed by atoms with Crippen LogP contribution in [0.25, 0.3) is 0 Å². The van der Waals surface area contributed by atoms with E-state index in [0.29, 0.717) is 12.2 Å². The van der Waals surface area contributed by atoms with E-state index in [-0.39, 0.29) is 12.4 Å². The zero-order chi connectivity index (χ0) is 14.5. The number of aliphatic hydroxyl groups excluding tert-OH is 1. The van der Waals surface area contributed by atoms with Gasteiger partial charge in [0.1, 0.15) is 23.1 Å². The molecule has 1 unspecified atom stereocenters. The number of nitrogens with two attached hydrogens (primary N) is 1. The zero-order valence-corrected chi connectivity index (χ0v) is 10.7. The maximum Gasteiger partial charge on any atom is 0.133 e. The standard InChI is InChI=1S/C15H15F2NO2/c16-11-6-12(17)8-14(7-11)20-15-4-2-1-3-10(15)5-13(18)9-19/h1-4,6-8,13,19H,5,9,18H2. The maximum atomic E-state index is 13.1. The number of hydrogen-bond acceptors (Lipinski definition) is 3. The summed E-state index contributed by atoms with van der Waals surface area (Å²) in [5, 5.41) is 8.98. The molecule has 0 aliphatic heterocycles. The molecular weight excluding hydrogens is 264 g/mol. The molecule has 0 saturated carbocycles. The highest BCUT2D eigenvalue weighted by Crippen LogP contribution is 2.27. The lowest BCUT2D eigenvalue weighted by Gasteiger charge is -2.13. The molecule has 20 heavy (non-hydrogen) atoms. The Labute approximate surface area is 115 Å². The Morgan fingerprint density at radius 3 is 2.40 bits per heavy atom. The Hall–Kier alpha value is -1.98. The number of rotatable bonds is 5. The lowest BCUT2D eigenvalue weighted by atomic mass is 10.1. The minimum Gasteiger partial charge on any atom is -0.457 e. The SMILES string of the molecule is NC(CO)Cc1ccccc1Oc1cc(F)cc(F)c1. The van der Waals surface area contributed by atoms with Crippen molar-refractivity contribution in [1.29, 1.82) is 0 Å². The van der Waals surface area contributed by atoms with Crippen molar-refractivity contribution < 1.29 is 18.6 Å². The summed E-state index contributed by atoms with van der Waals surface area (Å²) in [6, 6.07) is 9.60. The van der Waals surface area contributed by atoms with E-state index in [9.17, 15) is 8.78 Å². The normalized spacial score (nSPS) is 12.2. The molecule has 0 aliphatic carbocycles. The van der Waals surface area contributed by atoms with Crippen LogP contribution in [0.4, 0.5) is 8.78 Å². The van der Waals surface area contributed by atoms with Crippen LogP contribution < -0.4 is 10.5 Å². The van der Waals surface area contributed by atoms with Crippen LogP contribution in [0.1, 0.15) is 5.56 Å². The van der Waals surface area contributed by atoms with E-state index < -0.39 is 17.7 Å². The van der Waals surface area contributed by atoms with Crippen LogP contribution in [0.3, 0.4) is 0 Å². The van der Waals surface area contributed by atoms with Gasteiger partial charge in [-0.3, -0.25) is 0 Å². The van der Waals surface area contributed by atoms with Crippen LogP contribution in [-0.4, -0.2) is 17.8 Å². The van der Waals surface area contributed by atoms with Gasteiger partial charge in [-0.1, -0.05) is 18.2 Å². The van der Waals surface area contributed by atoms with Crippen LogP contribution in [-0.2, 0) is 6.42 Å². The molecule has 2 rings (SSSR count). The van der Waals surface area contributed by atoms with Crippen molar-refractivity contribution in [2.75, 3.05) is 6.61 Å². The van der Waals surface area contributed by atoms with Crippen molar-refractivity contribution >= 4 is 0 Å². The maximum absolute atomic E-state index is 13.1. The fraction of sp³-hybridized carbons (Fsp3) is 0.200. The molecule has 0 aliphatic rings. The van der Waals surface area contributed by atoms with E-state index in [1.165, 1.54) is 0 Å². The molecule has 0 saturated heterocycles. The number of hydrogen-bond donors (Lipinski definition) is 2. The van der Waals surface area contributed by atoms with Gasteiger partial charge in [-0.25, -0.2) is 8.78 Å². The van der Waals surface area contributed by atoms with Gasteiger partial charge >= 0.3 is 0 Å². The van der Waals surface area contributed by atoms with Crippen molar-refractivity contribution in [3.63, 3.8) is 0 Å². The Morgan fingerprint density at radius 2 is 1.75 bits per heavy atom. The van der Waals surface area contributed by atoms with Gasteiger partial charge in [0.25, 0.3) is 0 Å². The van der Waals surface area contributed by atoms with Crippen LogP contribution in [0.5, 0.6) is 11.5 Å².